The van der Waals surface area contributed by atoms with Crippen LogP contribution in [-0.2, 0) is 13.1 Å². The Morgan fingerprint density at radius 1 is 1.35 bits per heavy atom. The molecule has 2 aromatic rings. The molecule has 0 spiro atoms. The van der Waals surface area contributed by atoms with Crippen LogP contribution in [0.1, 0.15) is 29.7 Å². The van der Waals surface area contributed by atoms with E-state index in [1.54, 1.807) is 0 Å². The molecule has 0 aliphatic heterocycles. The third-order valence-electron chi connectivity index (χ3n) is 3.59. The predicted octanol–water partition coefficient (Wildman–Crippen LogP) is 3.00. The minimum absolute atomic E-state index is 0.629. The van der Waals surface area contributed by atoms with Crippen LogP contribution in [0.25, 0.3) is 10.1 Å². The molecule has 1 saturated carbocycles. The van der Waals surface area contributed by atoms with Crippen LogP contribution in [0.2, 0.25) is 0 Å². The molecule has 17 heavy (non-hydrogen) atoms. The second-order valence-electron chi connectivity index (χ2n) is 4.75. The van der Waals surface area contributed by atoms with Crippen molar-refractivity contribution < 1.29 is 0 Å². The molecule has 0 atom stereocenters. The van der Waals surface area contributed by atoms with Gasteiger partial charge in [-0.05, 0) is 35.9 Å². The zero-order valence-corrected chi connectivity index (χ0v) is 10.7. The maximum absolute atomic E-state index is 5.77. The highest BCUT2D eigenvalue weighted by molar-refractivity contribution is 7.19. The van der Waals surface area contributed by atoms with E-state index in [-0.39, 0.29) is 0 Å². The van der Waals surface area contributed by atoms with Gasteiger partial charge in [-0.1, -0.05) is 18.6 Å². The molecule has 0 amide bonds. The van der Waals surface area contributed by atoms with Gasteiger partial charge in [0.15, 0.2) is 0 Å². The van der Waals surface area contributed by atoms with Gasteiger partial charge in [0.1, 0.15) is 0 Å². The van der Waals surface area contributed by atoms with Gasteiger partial charge >= 0.3 is 0 Å². The lowest BCUT2D eigenvalue weighted by molar-refractivity contribution is 0.339. The quantitative estimate of drug-likeness (QED) is 0.870. The van der Waals surface area contributed by atoms with Crippen molar-refractivity contribution in [2.45, 2.75) is 38.4 Å². The van der Waals surface area contributed by atoms with Crippen LogP contribution < -0.4 is 11.1 Å². The van der Waals surface area contributed by atoms with Crippen LogP contribution in [0.15, 0.2) is 24.3 Å². The number of hydrogen-bond donors (Lipinski definition) is 2. The first-order valence-corrected chi connectivity index (χ1v) is 7.12. The normalized spacial score (nSPS) is 16.3. The van der Waals surface area contributed by atoms with Crippen molar-refractivity contribution in [3.05, 3.63) is 34.7 Å². The maximum Gasteiger partial charge on any atom is 0.0349 e. The number of hydrogen-bond acceptors (Lipinski definition) is 3. The molecule has 0 radical (unpaired) electrons. The van der Waals surface area contributed by atoms with Crippen molar-refractivity contribution in [1.29, 1.82) is 0 Å². The van der Waals surface area contributed by atoms with E-state index in [9.17, 15) is 0 Å². The summed E-state index contributed by atoms with van der Waals surface area (Å²) in [4.78, 5) is 1.42. The molecule has 1 aromatic heterocycles. The Kier molecular flexibility index (Phi) is 3.14. The summed E-state index contributed by atoms with van der Waals surface area (Å²) in [6.07, 6.45) is 4.08. The molecular formula is C14H18N2S. The topological polar surface area (TPSA) is 38.0 Å². The van der Waals surface area contributed by atoms with Crippen LogP contribution in [0.4, 0.5) is 0 Å². The fraction of sp³-hybridized carbons (Fsp3) is 0.429. The van der Waals surface area contributed by atoms with E-state index in [4.69, 9.17) is 5.73 Å². The van der Waals surface area contributed by atoms with Gasteiger partial charge < -0.3 is 11.1 Å². The second-order valence-corrected chi connectivity index (χ2v) is 5.92. The Morgan fingerprint density at radius 3 is 2.94 bits per heavy atom. The maximum atomic E-state index is 5.77. The molecular weight excluding hydrogens is 228 g/mol. The molecule has 3 rings (SSSR count). The van der Waals surface area contributed by atoms with E-state index >= 15 is 0 Å². The van der Waals surface area contributed by atoms with Crippen LogP contribution in [0.5, 0.6) is 0 Å². The Bertz CT molecular complexity index is 514. The molecule has 0 unspecified atom stereocenters. The van der Waals surface area contributed by atoms with Gasteiger partial charge in [-0.2, -0.15) is 0 Å². The highest BCUT2D eigenvalue weighted by atomic mass is 32.1. The Labute approximate surface area is 106 Å². The molecule has 2 nitrogen and oxygen atoms in total. The number of fused-ring (bicyclic) bond motifs is 1. The Balaban J connectivity index is 1.80. The minimum Gasteiger partial charge on any atom is -0.326 e. The van der Waals surface area contributed by atoms with E-state index in [1.807, 2.05) is 11.3 Å². The summed E-state index contributed by atoms with van der Waals surface area (Å²) in [5.74, 6) is 0. The lowest BCUT2D eigenvalue weighted by atomic mass is 9.93. The van der Waals surface area contributed by atoms with E-state index in [1.165, 1.54) is 39.8 Å². The Morgan fingerprint density at radius 2 is 2.24 bits per heavy atom. The number of nitrogens with one attached hydrogen (secondary N) is 1. The molecule has 1 heterocycles. The molecule has 1 aromatic carbocycles. The average molecular weight is 246 g/mol. The fourth-order valence-corrected chi connectivity index (χ4v) is 3.36. The summed E-state index contributed by atoms with van der Waals surface area (Å²) in [6, 6.07) is 9.47. The van der Waals surface area contributed by atoms with Gasteiger partial charge in [-0.3, -0.25) is 0 Å². The predicted molar refractivity (Wildman–Crippen MR) is 74.2 cm³/mol. The molecule has 1 fully saturated rings. The van der Waals surface area contributed by atoms with Crippen molar-refractivity contribution in [3.63, 3.8) is 0 Å². The summed E-state index contributed by atoms with van der Waals surface area (Å²) in [5, 5.41) is 4.95. The summed E-state index contributed by atoms with van der Waals surface area (Å²) in [5.41, 5.74) is 7.03. The third kappa shape index (κ3) is 2.23. The van der Waals surface area contributed by atoms with Gasteiger partial charge in [0.05, 0.1) is 0 Å². The minimum atomic E-state index is 0.629. The number of benzene rings is 1. The van der Waals surface area contributed by atoms with Crippen molar-refractivity contribution >= 4 is 21.4 Å². The highest BCUT2D eigenvalue weighted by Gasteiger charge is 2.16. The fourth-order valence-electron chi connectivity index (χ4n) is 2.30. The summed E-state index contributed by atoms with van der Waals surface area (Å²) < 4.78 is 1.36. The first-order valence-electron chi connectivity index (χ1n) is 6.30. The zero-order chi connectivity index (χ0) is 11.7. The van der Waals surface area contributed by atoms with Crippen molar-refractivity contribution in [1.82, 2.24) is 5.32 Å². The SMILES string of the molecule is NCc1cccc2sc(CNC3CCC3)cc12. The molecule has 0 saturated heterocycles. The van der Waals surface area contributed by atoms with Gasteiger partial charge in [0.25, 0.3) is 0 Å². The summed E-state index contributed by atoms with van der Waals surface area (Å²) >= 11 is 1.89. The average Bonchev–Trinajstić information content (AvgIpc) is 2.69. The van der Waals surface area contributed by atoms with Crippen molar-refractivity contribution in [3.8, 4) is 0 Å². The number of thiophene rings is 1. The standard InChI is InChI=1S/C14H18N2S/c15-8-10-3-1-6-14-13(10)7-12(17-14)9-16-11-4-2-5-11/h1,3,6-7,11,16H,2,4-5,8-9,15H2. The van der Waals surface area contributed by atoms with Crippen molar-refractivity contribution in [2.24, 2.45) is 5.73 Å². The van der Waals surface area contributed by atoms with Crippen LogP contribution in [-0.4, -0.2) is 6.04 Å². The van der Waals surface area contributed by atoms with Gasteiger partial charge in [-0.15, -0.1) is 11.3 Å². The van der Waals surface area contributed by atoms with Gasteiger partial charge in [-0.25, -0.2) is 0 Å². The van der Waals surface area contributed by atoms with Crippen LogP contribution in [0, 0.1) is 0 Å². The zero-order valence-electron chi connectivity index (χ0n) is 9.91. The second kappa shape index (κ2) is 4.77. The summed E-state index contributed by atoms with van der Waals surface area (Å²) in [6.45, 7) is 1.64. The molecule has 3 N–H and O–H groups in total. The van der Waals surface area contributed by atoms with E-state index < -0.39 is 0 Å². The highest BCUT2D eigenvalue weighted by Crippen LogP contribution is 2.29. The molecule has 3 heteroatoms. The number of nitrogens with two attached hydrogens (primary N) is 1. The first kappa shape index (κ1) is 11.2. The molecule has 1 aliphatic rings. The monoisotopic (exact) mass is 246 g/mol. The lowest BCUT2D eigenvalue weighted by Gasteiger charge is -2.26. The smallest absolute Gasteiger partial charge is 0.0349 e. The molecule has 90 valence electrons. The Hall–Kier alpha value is -0.900. The number of rotatable bonds is 4. The molecule has 1 aliphatic carbocycles. The van der Waals surface area contributed by atoms with Crippen LogP contribution >= 0.6 is 11.3 Å². The lowest BCUT2D eigenvalue weighted by Crippen LogP contribution is -2.34. The van der Waals surface area contributed by atoms with Gasteiger partial charge in [0, 0.05) is 28.7 Å². The van der Waals surface area contributed by atoms with E-state index in [0.717, 1.165) is 12.6 Å². The third-order valence-corrected chi connectivity index (χ3v) is 4.69. The van der Waals surface area contributed by atoms with E-state index in [0.29, 0.717) is 6.54 Å². The first-order chi connectivity index (χ1) is 8.36. The van der Waals surface area contributed by atoms with E-state index in [2.05, 4.69) is 29.6 Å². The largest absolute Gasteiger partial charge is 0.326 e. The summed E-state index contributed by atoms with van der Waals surface area (Å²) in [7, 11) is 0. The van der Waals surface area contributed by atoms with Gasteiger partial charge in [0.2, 0.25) is 0 Å². The molecule has 0 bridgehead atoms. The van der Waals surface area contributed by atoms with Crippen LogP contribution in [0.3, 0.4) is 0 Å². The van der Waals surface area contributed by atoms with Crippen molar-refractivity contribution in [2.75, 3.05) is 0 Å².